The van der Waals surface area contributed by atoms with Crippen molar-refractivity contribution >= 4 is 22.7 Å². The van der Waals surface area contributed by atoms with E-state index in [1.165, 1.54) is 19.4 Å². The van der Waals surface area contributed by atoms with Gasteiger partial charge in [0.15, 0.2) is 11.6 Å². The number of halogens is 2. The lowest BCUT2D eigenvalue weighted by molar-refractivity contribution is -0.129. The summed E-state index contributed by atoms with van der Waals surface area (Å²) in [6, 6.07) is 6.80. The molecule has 150 valence electrons. The Morgan fingerprint density at radius 1 is 1.17 bits per heavy atom. The van der Waals surface area contributed by atoms with Crippen molar-refractivity contribution in [2.45, 2.75) is 19.5 Å². The number of aromatic nitrogens is 2. The predicted molar refractivity (Wildman–Crippen MR) is 102 cm³/mol. The van der Waals surface area contributed by atoms with E-state index in [-0.39, 0.29) is 5.56 Å². The van der Waals surface area contributed by atoms with Gasteiger partial charge in [-0.05, 0) is 36.2 Å². The molecule has 0 fully saturated rings. The Morgan fingerprint density at radius 3 is 2.62 bits per heavy atom. The van der Waals surface area contributed by atoms with Gasteiger partial charge < -0.3 is 10.6 Å². The Kier molecular flexibility index (Phi) is 5.67. The summed E-state index contributed by atoms with van der Waals surface area (Å²) in [5.74, 6) is -3.50. The Balaban J connectivity index is 1.86. The second kappa shape index (κ2) is 8.17. The van der Waals surface area contributed by atoms with Crippen LogP contribution in [0.3, 0.4) is 0 Å². The van der Waals surface area contributed by atoms with Crippen LogP contribution in [0.25, 0.3) is 10.9 Å². The van der Waals surface area contributed by atoms with Crippen molar-refractivity contribution in [2.75, 3.05) is 7.05 Å². The average molecular weight is 400 g/mol. The van der Waals surface area contributed by atoms with Crippen LogP contribution >= 0.6 is 0 Å². The first kappa shape index (κ1) is 20.1. The molecule has 2 aromatic carbocycles. The molecule has 2 amide bonds. The van der Waals surface area contributed by atoms with Crippen LogP contribution in [0.4, 0.5) is 8.78 Å². The molecule has 1 unspecified atom stereocenters. The highest BCUT2D eigenvalue weighted by atomic mass is 19.2. The summed E-state index contributed by atoms with van der Waals surface area (Å²) in [6.07, 6.45) is 1.25. The topological polar surface area (TPSA) is 93.1 Å². The first-order valence-corrected chi connectivity index (χ1v) is 8.72. The lowest BCUT2D eigenvalue weighted by Crippen LogP contribution is -2.41. The summed E-state index contributed by atoms with van der Waals surface area (Å²) in [6.45, 7) is 1.43. The number of benzene rings is 2. The van der Waals surface area contributed by atoms with E-state index in [1.54, 1.807) is 12.1 Å². The van der Waals surface area contributed by atoms with Gasteiger partial charge in [0.05, 0.1) is 17.2 Å². The Bertz CT molecular complexity index is 1160. The summed E-state index contributed by atoms with van der Waals surface area (Å²) < 4.78 is 27.9. The Hall–Kier alpha value is -3.62. The van der Waals surface area contributed by atoms with Crippen LogP contribution in [0.1, 0.15) is 17.2 Å². The van der Waals surface area contributed by atoms with Gasteiger partial charge in [-0.2, -0.15) is 0 Å². The molecular weight excluding hydrogens is 382 g/mol. The molecule has 0 aliphatic rings. The molecule has 2 N–H and O–H groups in total. The molecule has 0 saturated heterocycles. The lowest BCUT2D eigenvalue weighted by atomic mass is 10.1. The van der Waals surface area contributed by atoms with Gasteiger partial charge in [-0.3, -0.25) is 19.0 Å². The first-order chi connectivity index (χ1) is 13.8. The molecule has 3 rings (SSSR count). The van der Waals surface area contributed by atoms with Gasteiger partial charge >= 0.3 is 0 Å². The minimum absolute atomic E-state index is 0.0659. The number of fused-ring (bicyclic) bond motifs is 1. The molecule has 1 heterocycles. The van der Waals surface area contributed by atoms with Gasteiger partial charge in [-0.15, -0.1) is 0 Å². The van der Waals surface area contributed by atoms with Crippen molar-refractivity contribution in [3.8, 4) is 0 Å². The lowest BCUT2D eigenvalue weighted by Gasteiger charge is -2.18. The fraction of sp³-hybridized carbons (Fsp3) is 0.200. The number of hydrogen-bond donors (Lipinski definition) is 2. The molecule has 7 nitrogen and oxygen atoms in total. The van der Waals surface area contributed by atoms with Crippen molar-refractivity contribution in [2.24, 2.45) is 0 Å². The third kappa shape index (κ3) is 4.13. The van der Waals surface area contributed by atoms with Gasteiger partial charge in [-0.25, -0.2) is 13.8 Å². The van der Waals surface area contributed by atoms with E-state index in [0.29, 0.717) is 10.9 Å². The summed E-state index contributed by atoms with van der Waals surface area (Å²) in [4.78, 5) is 41.5. The largest absolute Gasteiger partial charge is 0.357 e. The molecule has 0 bridgehead atoms. The number of aryl methyl sites for hydroxylation is 1. The summed E-state index contributed by atoms with van der Waals surface area (Å²) in [5.41, 5.74) is 1.03. The van der Waals surface area contributed by atoms with Crippen LogP contribution in [-0.4, -0.2) is 28.4 Å². The van der Waals surface area contributed by atoms with Crippen molar-refractivity contribution in [1.29, 1.82) is 0 Å². The minimum atomic E-state index is -1.26. The number of carbonyl (C=O) groups is 2. The van der Waals surface area contributed by atoms with Crippen LogP contribution < -0.4 is 16.2 Å². The zero-order chi connectivity index (χ0) is 21.1. The molecule has 3 aromatic rings. The Labute approximate surface area is 164 Å². The van der Waals surface area contributed by atoms with E-state index in [4.69, 9.17) is 0 Å². The zero-order valence-electron chi connectivity index (χ0n) is 15.7. The van der Waals surface area contributed by atoms with Gasteiger partial charge in [0, 0.05) is 7.05 Å². The predicted octanol–water partition coefficient (Wildman–Crippen LogP) is 1.59. The third-order valence-corrected chi connectivity index (χ3v) is 4.46. The highest BCUT2D eigenvalue weighted by Crippen LogP contribution is 2.17. The molecule has 9 heteroatoms. The average Bonchev–Trinajstić information content (AvgIpc) is 2.70. The van der Waals surface area contributed by atoms with Gasteiger partial charge in [0.1, 0.15) is 12.6 Å². The van der Waals surface area contributed by atoms with Crippen LogP contribution in [-0.2, 0) is 16.1 Å². The molecule has 29 heavy (non-hydrogen) atoms. The first-order valence-electron chi connectivity index (χ1n) is 8.72. The summed E-state index contributed by atoms with van der Waals surface area (Å²) >= 11 is 0. The van der Waals surface area contributed by atoms with E-state index in [0.717, 1.165) is 22.3 Å². The van der Waals surface area contributed by atoms with E-state index >= 15 is 0 Å². The van der Waals surface area contributed by atoms with Crippen molar-refractivity contribution in [3.05, 3.63) is 75.8 Å². The molecule has 0 radical (unpaired) electrons. The molecule has 0 aliphatic heterocycles. The SMILES string of the molecule is CNC(=O)C(NC(=O)Cn1cnc2c(C)cccc2c1=O)c1ccc(F)c(F)c1. The molecule has 0 spiro atoms. The van der Waals surface area contributed by atoms with E-state index in [1.807, 2.05) is 13.0 Å². The number of amides is 2. The van der Waals surface area contributed by atoms with Gasteiger partial charge in [0.25, 0.3) is 5.56 Å². The fourth-order valence-electron chi connectivity index (χ4n) is 2.95. The van der Waals surface area contributed by atoms with Crippen molar-refractivity contribution in [3.63, 3.8) is 0 Å². The number of carbonyl (C=O) groups excluding carboxylic acids is 2. The number of nitrogens with one attached hydrogen (secondary N) is 2. The smallest absolute Gasteiger partial charge is 0.261 e. The van der Waals surface area contributed by atoms with Crippen molar-refractivity contribution < 1.29 is 18.4 Å². The van der Waals surface area contributed by atoms with Gasteiger partial charge in [0.2, 0.25) is 11.8 Å². The molecule has 0 aliphatic carbocycles. The summed E-state index contributed by atoms with van der Waals surface area (Å²) in [5, 5.41) is 5.16. The summed E-state index contributed by atoms with van der Waals surface area (Å²) in [7, 11) is 1.35. The van der Waals surface area contributed by atoms with Crippen LogP contribution in [0.15, 0.2) is 47.5 Å². The fourth-order valence-corrected chi connectivity index (χ4v) is 2.95. The molecule has 1 aromatic heterocycles. The second-order valence-corrected chi connectivity index (χ2v) is 6.44. The highest BCUT2D eigenvalue weighted by molar-refractivity contribution is 5.88. The monoisotopic (exact) mass is 400 g/mol. The number of para-hydroxylation sites is 1. The van der Waals surface area contributed by atoms with Crippen molar-refractivity contribution in [1.82, 2.24) is 20.2 Å². The molecule has 1 atom stereocenters. The van der Waals surface area contributed by atoms with Crippen LogP contribution in [0.5, 0.6) is 0 Å². The second-order valence-electron chi connectivity index (χ2n) is 6.44. The standard InChI is InChI=1S/C20H18F2N4O3/c1-11-4-3-5-13-17(11)24-10-26(20(13)29)9-16(27)25-18(19(28)23-2)12-6-7-14(21)15(22)8-12/h3-8,10,18H,9H2,1-2H3,(H,23,28)(H,25,27). The van der Waals surface area contributed by atoms with Crippen LogP contribution in [0.2, 0.25) is 0 Å². The number of likely N-dealkylation sites (N-methyl/N-ethyl adjacent to an activating group) is 1. The number of rotatable bonds is 5. The maximum atomic E-state index is 13.6. The van der Waals surface area contributed by atoms with E-state index < -0.39 is 41.6 Å². The van der Waals surface area contributed by atoms with Gasteiger partial charge in [-0.1, -0.05) is 18.2 Å². The maximum absolute atomic E-state index is 13.6. The Morgan fingerprint density at radius 2 is 1.93 bits per heavy atom. The normalized spacial score (nSPS) is 11.9. The van der Waals surface area contributed by atoms with Crippen LogP contribution in [0, 0.1) is 18.6 Å². The zero-order valence-corrected chi connectivity index (χ0v) is 15.7. The maximum Gasteiger partial charge on any atom is 0.261 e. The van der Waals surface area contributed by atoms with E-state index in [9.17, 15) is 23.2 Å². The highest BCUT2D eigenvalue weighted by Gasteiger charge is 2.23. The number of nitrogens with zero attached hydrogens (tertiary/aromatic N) is 2. The third-order valence-electron chi connectivity index (χ3n) is 4.46. The number of hydrogen-bond acceptors (Lipinski definition) is 4. The molecule has 0 saturated carbocycles. The van der Waals surface area contributed by atoms with E-state index in [2.05, 4.69) is 15.6 Å². The molecular formula is C20H18F2N4O3. The minimum Gasteiger partial charge on any atom is -0.357 e. The quantitative estimate of drug-likeness (QED) is 0.680.